The molecule has 3 aromatic rings. The van der Waals surface area contributed by atoms with Crippen LogP contribution in [0.15, 0.2) is 59.1 Å². The number of hydrogen-bond acceptors (Lipinski definition) is 3. The van der Waals surface area contributed by atoms with Gasteiger partial charge >= 0.3 is 0 Å². The van der Waals surface area contributed by atoms with Gasteiger partial charge in [-0.1, -0.05) is 46.3 Å². The van der Waals surface area contributed by atoms with Gasteiger partial charge in [-0.15, -0.1) is 0 Å². The highest BCUT2D eigenvalue weighted by atomic mass is 79.9. The Labute approximate surface area is 160 Å². The van der Waals surface area contributed by atoms with Crippen LogP contribution in [0.3, 0.4) is 0 Å². The molecular formula is C21H19BrN2O2. The second-order valence-corrected chi connectivity index (χ2v) is 7.34. The maximum atomic E-state index is 12.9. The third kappa shape index (κ3) is 3.64. The van der Waals surface area contributed by atoms with E-state index in [2.05, 4.69) is 21.2 Å². The van der Waals surface area contributed by atoms with Crippen LogP contribution in [-0.2, 0) is 4.74 Å². The molecule has 0 saturated carbocycles. The molecule has 26 heavy (non-hydrogen) atoms. The molecule has 1 fully saturated rings. The molecule has 1 saturated heterocycles. The number of amides is 1. The van der Waals surface area contributed by atoms with E-state index in [0.717, 1.165) is 46.1 Å². The molecule has 0 bridgehead atoms. The second kappa shape index (κ2) is 7.56. The fourth-order valence-corrected chi connectivity index (χ4v) is 3.61. The normalized spacial score (nSPS) is 16.7. The number of hydrogen-bond donors (Lipinski definition) is 1. The molecule has 0 aliphatic carbocycles. The predicted molar refractivity (Wildman–Crippen MR) is 106 cm³/mol. The average Bonchev–Trinajstić information content (AvgIpc) is 3.19. The minimum Gasteiger partial charge on any atom is -0.376 e. The van der Waals surface area contributed by atoms with Crippen molar-refractivity contribution in [3.8, 4) is 11.3 Å². The van der Waals surface area contributed by atoms with E-state index in [4.69, 9.17) is 9.72 Å². The molecule has 2 heterocycles. The summed E-state index contributed by atoms with van der Waals surface area (Å²) in [7, 11) is 0. The lowest BCUT2D eigenvalue weighted by molar-refractivity contribution is 0.0859. The smallest absolute Gasteiger partial charge is 0.252 e. The molecule has 4 nitrogen and oxygen atoms in total. The zero-order valence-corrected chi connectivity index (χ0v) is 15.8. The Balaban J connectivity index is 1.72. The van der Waals surface area contributed by atoms with Crippen molar-refractivity contribution < 1.29 is 9.53 Å². The second-order valence-electron chi connectivity index (χ2n) is 6.43. The Morgan fingerprint density at radius 2 is 2.04 bits per heavy atom. The minimum atomic E-state index is -0.0943. The van der Waals surface area contributed by atoms with E-state index in [-0.39, 0.29) is 12.0 Å². The summed E-state index contributed by atoms with van der Waals surface area (Å²) in [6, 6.07) is 17.6. The van der Waals surface area contributed by atoms with Crippen molar-refractivity contribution in [1.29, 1.82) is 0 Å². The average molecular weight is 411 g/mol. The highest BCUT2D eigenvalue weighted by molar-refractivity contribution is 9.10. The van der Waals surface area contributed by atoms with Crippen LogP contribution in [0.4, 0.5) is 0 Å². The van der Waals surface area contributed by atoms with E-state index in [0.29, 0.717) is 12.1 Å². The Kier molecular flexibility index (Phi) is 5.00. The standard InChI is InChI=1S/C21H19BrN2O2/c22-15-8-9-19-17(11-15)18(21(25)23-13-16-7-4-10-26-16)12-20(24-19)14-5-2-1-3-6-14/h1-3,5-6,8-9,11-12,16H,4,7,10,13H2,(H,23,25)/t16-/m1/s1. The highest BCUT2D eigenvalue weighted by Gasteiger charge is 2.19. The van der Waals surface area contributed by atoms with Crippen molar-refractivity contribution in [2.45, 2.75) is 18.9 Å². The molecule has 4 rings (SSSR count). The first kappa shape index (κ1) is 17.2. The zero-order valence-electron chi connectivity index (χ0n) is 14.2. The van der Waals surface area contributed by atoms with Gasteiger partial charge in [0.25, 0.3) is 5.91 Å². The molecule has 0 unspecified atom stereocenters. The lowest BCUT2D eigenvalue weighted by Crippen LogP contribution is -2.32. The molecule has 1 atom stereocenters. The van der Waals surface area contributed by atoms with E-state index in [9.17, 15) is 4.79 Å². The van der Waals surface area contributed by atoms with E-state index in [1.54, 1.807) is 0 Å². The zero-order chi connectivity index (χ0) is 17.9. The number of nitrogens with zero attached hydrogens (tertiary/aromatic N) is 1. The monoisotopic (exact) mass is 410 g/mol. The number of nitrogens with one attached hydrogen (secondary N) is 1. The van der Waals surface area contributed by atoms with Crippen molar-refractivity contribution in [1.82, 2.24) is 10.3 Å². The molecule has 1 N–H and O–H groups in total. The topological polar surface area (TPSA) is 51.2 Å². The molecule has 0 spiro atoms. The van der Waals surface area contributed by atoms with Crippen LogP contribution in [-0.4, -0.2) is 30.1 Å². The summed E-state index contributed by atoms with van der Waals surface area (Å²) in [5, 5.41) is 3.86. The maximum Gasteiger partial charge on any atom is 0.252 e. The maximum absolute atomic E-state index is 12.9. The van der Waals surface area contributed by atoms with Crippen LogP contribution in [0, 0.1) is 0 Å². The summed E-state index contributed by atoms with van der Waals surface area (Å²) in [6.07, 6.45) is 2.18. The molecular weight excluding hydrogens is 392 g/mol. The van der Waals surface area contributed by atoms with Crippen LogP contribution in [0.1, 0.15) is 23.2 Å². The number of pyridine rings is 1. The molecule has 5 heteroatoms. The lowest BCUT2D eigenvalue weighted by Gasteiger charge is -2.13. The number of carbonyl (C=O) groups excluding carboxylic acids is 1. The quantitative estimate of drug-likeness (QED) is 0.684. The van der Waals surface area contributed by atoms with Gasteiger partial charge in [-0.05, 0) is 37.1 Å². The van der Waals surface area contributed by atoms with E-state index in [1.807, 2.05) is 54.6 Å². The van der Waals surface area contributed by atoms with E-state index >= 15 is 0 Å². The van der Waals surface area contributed by atoms with Gasteiger partial charge in [-0.25, -0.2) is 4.98 Å². The summed E-state index contributed by atoms with van der Waals surface area (Å²) in [5.41, 5.74) is 3.22. The highest BCUT2D eigenvalue weighted by Crippen LogP contribution is 2.27. The van der Waals surface area contributed by atoms with Gasteiger partial charge in [-0.3, -0.25) is 4.79 Å². The first-order chi connectivity index (χ1) is 12.7. The number of aromatic nitrogens is 1. The van der Waals surface area contributed by atoms with Gasteiger partial charge in [0.15, 0.2) is 0 Å². The summed E-state index contributed by atoms with van der Waals surface area (Å²) in [6.45, 7) is 1.32. The Bertz CT molecular complexity index is 937. The number of halogens is 1. The van der Waals surface area contributed by atoms with Crippen molar-refractivity contribution in [3.63, 3.8) is 0 Å². The Morgan fingerprint density at radius 1 is 1.19 bits per heavy atom. The largest absolute Gasteiger partial charge is 0.376 e. The van der Waals surface area contributed by atoms with E-state index in [1.165, 1.54) is 0 Å². The molecule has 1 aromatic heterocycles. The number of benzene rings is 2. The number of carbonyl (C=O) groups is 1. The van der Waals surface area contributed by atoms with Crippen molar-refractivity contribution in [2.24, 2.45) is 0 Å². The molecule has 0 radical (unpaired) electrons. The van der Waals surface area contributed by atoms with Crippen molar-refractivity contribution in [3.05, 3.63) is 64.6 Å². The Morgan fingerprint density at radius 3 is 2.81 bits per heavy atom. The van der Waals surface area contributed by atoms with Crippen LogP contribution in [0.25, 0.3) is 22.2 Å². The third-order valence-electron chi connectivity index (χ3n) is 4.60. The first-order valence-corrected chi connectivity index (χ1v) is 9.55. The molecule has 1 aliphatic heterocycles. The SMILES string of the molecule is O=C(NC[C@H]1CCCO1)c1cc(-c2ccccc2)nc2ccc(Br)cc12. The van der Waals surface area contributed by atoms with Gasteiger partial charge in [0.2, 0.25) is 0 Å². The van der Waals surface area contributed by atoms with Gasteiger partial charge in [0, 0.05) is 28.6 Å². The summed E-state index contributed by atoms with van der Waals surface area (Å²) in [5.74, 6) is -0.0943. The van der Waals surface area contributed by atoms with Gasteiger partial charge in [0.1, 0.15) is 0 Å². The fourth-order valence-electron chi connectivity index (χ4n) is 3.25. The molecule has 132 valence electrons. The van der Waals surface area contributed by atoms with Crippen molar-refractivity contribution in [2.75, 3.05) is 13.2 Å². The van der Waals surface area contributed by atoms with Crippen LogP contribution >= 0.6 is 15.9 Å². The summed E-state index contributed by atoms with van der Waals surface area (Å²) in [4.78, 5) is 17.6. The molecule has 2 aromatic carbocycles. The van der Waals surface area contributed by atoms with Gasteiger partial charge < -0.3 is 10.1 Å². The molecule has 1 aliphatic rings. The Hall–Kier alpha value is -2.24. The van der Waals surface area contributed by atoms with Crippen LogP contribution in [0.5, 0.6) is 0 Å². The number of ether oxygens (including phenoxy) is 1. The van der Waals surface area contributed by atoms with Crippen molar-refractivity contribution >= 4 is 32.7 Å². The minimum absolute atomic E-state index is 0.0943. The van der Waals surface area contributed by atoms with E-state index < -0.39 is 0 Å². The van der Waals surface area contributed by atoms with Gasteiger partial charge in [-0.2, -0.15) is 0 Å². The summed E-state index contributed by atoms with van der Waals surface area (Å²) >= 11 is 3.49. The first-order valence-electron chi connectivity index (χ1n) is 8.76. The molecule has 1 amide bonds. The third-order valence-corrected chi connectivity index (χ3v) is 5.09. The fraction of sp³-hybridized carbons (Fsp3) is 0.238. The number of rotatable bonds is 4. The van der Waals surface area contributed by atoms with Crippen LogP contribution < -0.4 is 5.32 Å². The van der Waals surface area contributed by atoms with Crippen LogP contribution in [0.2, 0.25) is 0 Å². The number of fused-ring (bicyclic) bond motifs is 1. The lowest BCUT2D eigenvalue weighted by atomic mass is 10.0. The summed E-state index contributed by atoms with van der Waals surface area (Å²) < 4.78 is 6.53. The predicted octanol–water partition coefficient (Wildman–Crippen LogP) is 4.57. The van der Waals surface area contributed by atoms with Gasteiger partial charge in [0.05, 0.1) is 22.9 Å².